The van der Waals surface area contributed by atoms with Gasteiger partial charge in [0.05, 0.1) is 6.33 Å². The van der Waals surface area contributed by atoms with Crippen LogP contribution in [0.3, 0.4) is 0 Å². The summed E-state index contributed by atoms with van der Waals surface area (Å²) in [5.74, 6) is 0.0105. The summed E-state index contributed by atoms with van der Waals surface area (Å²) in [6, 6.07) is 14.6. The molecule has 118 valence electrons. The third-order valence-electron chi connectivity index (χ3n) is 4.10. The van der Waals surface area contributed by atoms with Crippen LogP contribution in [0.5, 0.6) is 0 Å². The van der Waals surface area contributed by atoms with E-state index in [2.05, 4.69) is 40.6 Å². The van der Waals surface area contributed by atoms with Gasteiger partial charge >= 0.3 is 0 Å². The van der Waals surface area contributed by atoms with E-state index in [1.54, 1.807) is 23.3 Å². The van der Waals surface area contributed by atoms with Gasteiger partial charge in [-0.05, 0) is 36.6 Å². The van der Waals surface area contributed by atoms with E-state index in [9.17, 15) is 4.79 Å². The fraction of sp³-hybridized carbons (Fsp3) is 0.263. The van der Waals surface area contributed by atoms with E-state index in [1.807, 2.05) is 26.0 Å². The zero-order valence-electron chi connectivity index (χ0n) is 13.4. The van der Waals surface area contributed by atoms with Crippen LogP contribution in [0.25, 0.3) is 10.8 Å². The molecule has 0 fully saturated rings. The van der Waals surface area contributed by atoms with E-state index in [-0.39, 0.29) is 18.0 Å². The van der Waals surface area contributed by atoms with E-state index in [4.69, 9.17) is 0 Å². The van der Waals surface area contributed by atoms with Gasteiger partial charge in [0.25, 0.3) is 0 Å². The molecule has 3 aromatic rings. The first-order valence-corrected chi connectivity index (χ1v) is 7.89. The zero-order chi connectivity index (χ0) is 16.2. The quantitative estimate of drug-likeness (QED) is 0.786. The first-order chi connectivity index (χ1) is 11.1. The molecule has 1 heterocycles. The number of hydrogen-bond acceptors (Lipinski definition) is 2. The molecule has 0 saturated heterocycles. The summed E-state index contributed by atoms with van der Waals surface area (Å²) in [6.45, 7) is 3.91. The largest absolute Gasteiger partial charge is 0.352 e. The first kappa shape index (κ1) is 15.3. The van der Waals surface area contributed by atoms with Crippen molar-refractivity contribution < 1.29 is 4.79 Å². The van der Waals surface area contributed by atoms with E-state index >= 15 is 0 Å². The molecule has 0 aliphatic rings. The Bertz CT molecular complexity index is 795. The number of hydrogen-bond donors (Lipinski definition) is 1. The molecule has 0 saturated carbocycles. The molecule has 0 aliphatic carbocycles. The van der Waals surface area contributed by atoms with Crippen LogP contribution in [0.2, 0.25) is 0 Å². The molecule has 3 rings (SSSR count). The predicted molar refractivity (Wildman–Crippen MR) is 92.2 cm³/mol. The number of carbonyl (C=O) groups is 1. The predicted octanol–water partition coefficient (Wildman–Crippen LogP) is 3.34. The molecule has 4 heteroatoms. The minimum Gasteiger partial charge on any atom is -0.352 e. The Kier molecular flexibility index (Phi) is 4.42. The van der Waals surface area contributed by atoms with Gasteiger partial charge in [-0.15, -0.1) is 0 Å². The average Bonchev–Trinajstić information content (AvgIpc) is 3.08. The number of amides is 1. The number of fused-ring (bicyclic) bond motifs is 1. The highest BCUT2D eigenvalue weighted by atomic mass is 16.2. The molecular weight excluding hydrogens is 286 g/mol. The van der Waals surface area contributed by atoms with Gasteiger partial charge in [0.15, 0.2) is 0 Å². The summed E-state index contributed by atoms with van der Waals surface area (Å²) in [5, 5.41) is 5.55. The number of imidazole rings is 1. The third-order valence-corrected chi connectivity index (χ3v) is 4.10. The van der Waals surface area contributed by atoms with Crippen molar-refractivity contribution >= 4 is 16.7 Å². The topological polar surface area (TPSA) is 46.9 Å². The number of nitrogens with zero attached hydrogens (tertiary/aromatic N) is 2. The van der Waals surface area contributed by atoms with Crippen LogP contribution in [0, 0.1) is 0 Å². The Hall–Kier alpha value is -2.62. The second-order valence-electron chi connectivity index (χ2n) is 5.98. The molecule has 23 heavy (non-hydrogen) atoms. The summed E-state index contributed by atoms with van der Waals surface area (Å²) >= 11 is 0. The van der Waals surface area contributed by atoms with E-state index in [0.717, 1.165) is 6.42 Å². The molecule has 1 N–H and O–H groups in total. The standard InChI is InChI=1S/C19H21N3O/c1-14(21-19(23)15(2)22-10-9-20-13-22)11-16-7-8-17-5-3-4-6-18(17)12-16/h3-10,12-15H,11H2,1-2H3,(H,21,23)/t14-,15+/m0/s1. The maximum Gasteiger partial charge on any atom is 0.243 e. The van der Waals surface area contributed by atoms with Crippen LogP contribution in [-0.2, 0) is 11.2 Å². The lowest BCUT2D eigenvalue weighted by molar-refractivity contribution is -0.124. The maximum atomic E-state index is 12.3. The molecule has 0 bridgehead atoms. The van der Waals surface area contributed by atoms with Gasteiger partial charge in [0.1, 0.15) is 6.04 Å². The summed E-state index contributed by atoms with van der Waals surface area (Å²) in [4.78, 5) is 16.3. The van der Waals surface area contributed by atoms with Crippen LogP contribution in [-0.4, -0.2) is 21.5 Å². The summed E-state index contributed by atoms with van der Waals surface area (Å²) < 4.78 is 1.80. The van der Waals surface area contributed by atoms with E-state index < -0.39 is 0 Å². The Morgan fingerprint density at radius 3 is 2.70 bits per heavy atom. The fourth-order valence-electron chi connectivity index (χ4n) is 2.77. The fourth-order valence-corrected chi connectivity index (χ4v) is 2.77. The Balaban J connectivity index is 1.63. The molecule has 2 aromatic carbocycles. The lowest BCUT2D eigenvalue weighted by Gasteiger charge is -2.18. The maximum absolute atomic E-state index is 12.3. The number of carbonyl (C=O) groups excluding carboxylic acids is 1. The highest BCUT2D eigenvalue weighted by Crippen LogP contribution is 2.17. The van der Waals surface area contributed by atoms with Crippen LogP contribution in [0.15, 0.2) is 61.2 Å². The third kappa shape index (κ3) is 3.59. The molecule has 1 aromatic heterocycles. The number of aromatic nitrogens is 2. The molecule has 0 aliphatic heterocycles. The van der Waals surface area contributed by atoms with Gasteiger partial charge < -0.3 is 9.88 Å². The number of rotatable bonds is 5. The lowest BCUT2D eigenvalue weighted by atomic mass is 10.0. The van der Waals surface area contributed by atoms with Crippen LogP contribution < -0.4 is 5.32 Å². The second-order valence-corrected chi connectivity index (χ2v) is 5.98. The normalized spacial score (nSPS) is 13.7. The van der Waals surface area contributed by atoms with Crippen LogP contribution in [0.4, 0.5) is 0 Å². The highest BCUT2D eigenvalue weighted by molar-refractivity contribution is 5.83. The van der Waals surface area contributed by atoms with Crippen molar-refractivity contribution in [1.29, 1.82) is 0 Å². The second kappa shape index (κ2) is 6.65. The summed E-state index contributed by atoms with van der Waals surface area (Å²) in [7, 11) is 0. The van der Waals surface area contributed by atoms with Crippen LogP contribution in [0.1, 0.15) is 25.5 Å². The van der Waals surface area contributed by atoms with Gasteiger partial charge in [-0.3, -0.25) is 4.79 Å². The van der Waals surface area contributed by atoms with Crippen molar-refractivity contribution in [2.45, 2.75) is 32.4 Å². The van der Waals surface area contributed by atoms with Gasteiger partial charge in [-0.25, -0.2) is 4.98 Å². The SMILES string of the molecule is C[C@H](C(=O)N[C@@H](C)Cc1ccc2ccccc2c1)n1ccnc1. The summed E-state index contributed by atoms with van der Waals surface area (Å²) in [5.41, 5.74) is 1.23. The van der Waals surface area contributed by atoms with Crippen molar-refractivity contribution in [1.82, 2.24) is 14.9 Å². The minimum atomic E-state index is -0.253. The van der Waals surface area contributed by atoms with Crippen molar-refractivity contribution in [3.63, 3.8) is 0 Å². The molecule has 0 radical (unpaired) electrons. The van der Waals surface area contributed by atoms with E-state index in [1.165, 1.54) is 16.3 Å². The molecule has 2 atom stereocenters. The Morgan fingerprint density at radius 1 is 1.17 bits per heavy atom. The van der Waals surface area contributed by atoms with Crippen molar-refractivity contribution in [3.8, 4) is 0 Å². The lowest BCUT2D eigenvalue weighted by Crippen LogP contribution is -2.38. The van der Waals surface area contributed by atoms with Gasteiger partial charge in [-0.2, -0.15) is 0 Å². The van der Waals surface area contributed by atoms with Gasteiger partial charge in [0.2, 0.25) is 5.91 Å². The average molecular weight is 307 g/mol. The van der Waals surface area contributed by atoms with Crippen molar-refractivity contribution in [2.24, 2.45) is 0 Å². The van der Waals surface area contributed by atoms with Gasteiger partial charge in [0, 0.05) is 18.4 Å². The molecule has 0 unspecified atom stereocenters. The van der Waals surface area contributed by atoms with Crippen LogP contribution >= 0.6 is 0 Å². The van der Waals surface area contributed by atoms with Gasteiger partial charge in [-0.1, -0.05) is 42.5 Å². The minimum absolute atomic E-state index is 0.0105. The van der Waals surface area contributed by atoms with Crippen molar-refractivity contribution in [2.75, 3.05) is 0 Å². The van der Waals surface area contributed by atoms with Crippen molar-refractivity contribution in [3.05, 3.63) is 66.7 Å². The monoisotopic (exact) mass is 307 g/mol. The first-order valence-electron chi connectivity index (χ1n) is 7.89. The molecule has 4 nitrogen and oxygen atoms in total. The molecule has 1 amide bonds. The molecular formula is C19H21N3O. The zero-order valence-corrected chi connectivity index (χ0v) is 13.4. The number of nitrogens with one attached hydrogen (secondary N) is 1. The van der Waals surface area contributed by atoms with E-state index in [0.29, 0.717) is 0 Å². The highest BCUT2D eigenvalue weighted by Gasteiger charge is 2.16. The Morgan fingerprint density at radius 2 is 1.96 bits per heavy atom. The smallest absolute Gasteiger partial charge is 0.243 e. The Labute approximate surface area is 136 Å². The summed E-state index contributed by atoms with van der Waals surface area (Å²) in [6.07, 6.45) is 5.96. The molecule has 0 spiro atoms. The number of benzene rings is 2.